The van der Waals surface area contributed by atoms with Gasteiger partial charge in [-0.1, -0.05) is 6.07 Å². The average molecular weight is 317 g/mol. The van der Waals surface area contributed by atoms with E-state index in [9.17, 15) is 4.79 Å². The molecule has 0 bridgehead atoms. The summed E-state index contributed by atoms with van der Waals surface area (Å²) in [4.78, 5) is 18.9. The molecule has 0 aliphatic rings. The van der Waals surface area contributed by atoms with Crippen molar-refractivity contribution in [2.24, 2.45) is 0 Å². The summed E-state index contributed by atoms with van der Waals surface area (Å²) in [6, 6.07) is 17.3. The maximum Gasteiger partial charge on any atom is 0.260 e. The number of aromatic nitrogens is 1. The van der Waals surface area contributed by atoms with Gasteiger partial charge in [0.05, 0.1) is 23.9 Å². The van der Waals surface area contributed by atoms with E-state index >= 15 is 0 Å². The van der Waals surface area contributed by atoms with Gasteiger partial charge in [-0.3, -0.25) is 9.69 Å². The lowest BCUT2D eigenvalue weighted by atomic mass is 10.1. The molecule has 0 N–H and O–H groups in total. The number of amides is 1. The molecule has 0 radical (unpaired) electrons. The van der Waals surface area contributed by atoms with Crippen molar-refractivity contribution < 1.29 is 9.21 Å². The Morgan fingerprint density at radius 1 is 1.17 bits per heavy atom. The fourth-order valence-corrected chi connectivity index (χ4v) is 2.46. The molecule has 1 amide bonds. The maximum atomic E-state index is 13.0. The molecule has 24 heavy (non-hydrogen) atoms. The average Bonchev–Trinajstić information content (AvgIpc) is 3.17. The summed E-state index contributed by atoms with van der Waals surface area (Å²) in [6.45, 7) is 1.88. The van der Waals surface area contributed by atoms with E-state index in [4.69, 9.17) is 9.68 Å². The molecule has 0 saturated carbocycles. The predicted molar refractivity (Wildman–Crippen MR) is 89.3 cm³/mol. The molecule has 0 unspecified atom stereocenters. The minimum absolute atomic E-state index is 0.206. The normalized spacial score (nSPS) is 11.5. The smallest absolute Gasteiger partial charge is 0.260 e. The number of hydrogen-bond donors (Lipinski definition) is 0. The fourth-order valence-electron chi connectivity index (χ4n) is 2.46. The number of anilines is 1. The van der Waals surface area contributed by atoms with Crippen molar-refractivity contribution in [1.29, 1.82) is 5.26 Å². The van der Waals surface area contributed by atoms with Gasteiger partial charge < -0.3 is 4.42 Å². The van der Waals surface area contributed by atoms with Gasteiger partial charge in [0.25, 0.3) is 5.91 Å². The third kappa shape index (κ3) is 3.03. The molecule has 3 aromatic rings. The lowest BCUT2D eigenvalue weighted by Crippen LogP contribution is -2.34. The summed E-state index contributed by atoms with van der Waals surface area (Å²) in [5.41, 5.74) is 0.994. The summed E-state index contributed by atoms with van der Waals surface area (Å²) >= 11 is 0. The van der Waals surface area contributed by atoms with Crippen molar-refractivity contribution in [2.45, 2.75) is 13.0 Å². The van der Waals surface area contributed by atoms with Crippen LogP contribution in [0.3, 0.4) is 0 Å². The lowest BCUT2D eigenvalue weighted by molar-refractivity contribution is 0.0974. The first-order valence-electron chi connectivity index (χ1n) is 7.49. The first kappa shape index (κ1) is 15.5. The van der Waals surface area contributed by atoms with Gasteiger partial charge in [-0.05, 0) is 55.5 Å². The predicted octanol–water partition coefficient (Wildman–Crippen LogP) is 3.95. The van der Waals surface area contributed by atoms with Crippen LogP contribution < -0.4 is 4.90 Å². The zero-order valence-electron chi connectivity index (χ0n) is 13.1. The largest absolute Gasteiger partial charge is 0.467 e. The number of nitriles is 1. The van der Waals surface area contributed by atoms with Crippen LogP contribution >= 0.6 is 0 Å². The molecular weight excluding hydrogens is 302 g/mol. The van der Waals surface area contributed by atoms with Crippen LogP contribution in [0.2, 0.25) is 0 Å². The van der Waals surface area contributed by atoms with Crippen LogP contribution in [0, 0.1) is 11.3 Å². The van der Waals surface area contributed by atoms with Gasteiger partial charge in [-0.25, -0.2) is 4.98 Å². The van der Waals surface area contributed by atoms with Gasteiger partial charge in [-0.2, -0.15) is 5.26 Å². The van der Waals surface area contributed by atoms with E-state index in [1.54, 1.807) is 59.8 Å². The number of pyridine rings is 1. The monoisotopic (exact) mass is 317 g/mol. The number of furan rings is 1. The molecule has 0 aliphatic carbocycles. The third-order valence-electron chi connectivity index (χ3n) is 3.72. The van der Waals surface area contributed by atoms with Crippen molar-refractivity contribution >= 4 is 11.7 Å². The molecule has 3 rings (SSSR count). The molecule has 118 valence electrons. The van der Waals surface area contributed by atoms with Gasteiger partial charge in [0.1, 0.15) is 11.6 Å². The third-order valence-corrected chi connectivity index (χ3v) is 3.72. The van der Waals surface area contributed by atoms with E-state index in [0.29, 0.717) is 22.7 Å². The Kier molecular flexibility index (Phi) is 4.39. The maximum absolute atomic E-state index is 13.0. The van der Waals surface area contributed by atoms with E-state index in [1.165, 1.54) is 0 Å². The molecule has 0 saturated heterocycles. The van der Waals surface area contributed by atoms with Crippen molar-refractivity contribution in [3.63, 3.8) is 0 Å². The number of rotatable bonds is 4. The Labute approximate surface area is 139 Å². The lowest BCUT2D eigenvalue weighted by Gasteiger charge is -2.27. The molecular formula is C19H15N3O2. The Morgan fingerprint density at radius 2 is 1.96 bits per heavy atom. The topological polar surface area (TPSA) is 70.1 Å². The molecule has 0 aliphatic heterocycles. The van der Waals surface area contributed by atoms with E-state index in [1.807, 2.05) is 25.1 Å². The van der Waals surface area contributed by atoms with E-state index in [0.717, 1.165) is 0 Å². The molecule has 1 atom stereocenters. The number of carbonyl (C=O) groups excluding carboxylic acids is 1. The number of hydrogen-bond acceptors (Lipinski definition) is 4. The van der Waals surface area contributed by atoms with Crippen LogP contribution in [0.15, 0.2) is 71.5 Å². The highest BCUT2D eigenvalue weighted by molar-refractivity contribution is 6.06. The molecule has 5 nitrogen and oxygen atoms in total. The van der Waals surface area contributed by atoms with Gasteiger partial charge >= 0.3 is 0 Å². The second-order valence-electron chi connectivity index (χ2n) is 5.24. The first-order chi connectivity index (χ1) is 11.7. The van der Waals surface area contributed by atoms with E-state index in [2.05, 4.69) is 4.98 Å². The SMILES string of the molecule is C[C@@H](c1ccco1)N(C(=O)c1ccc(C#N)cc1)c1ccccn1. The van der Waals surface area contributed by atoms with Gasteiger partial charge in [-0.15, -0.1) is 0 Å². The van der Waals surface area contributed by atoms with Crippen LogP contribution in [-0.4, -0.2) is 10.9 Å². The van der Waals surface area contributed by atoms with E-state index in [-0.39, 0.29) is 11.9 Å². The van der Waals surface area contributed by atoms with E-state index < -0.39 is 0 Å². The highest BCUT2D eigenvalue weighted by Gasteiger charge is 2.27. The van der Waals surface area contributed by atoms with Crippen LogP contribution in [0.4, 0.5) is 5.82 Å². The zero-order chi connectivity index (χ0) is 16.9. The highest BCUT2D eigenvalue weighted by atomic mass is 16.3. The van der Waals surface area contributed by atoms with Gasteiger partial charge in [0.15, 0.2) is 0 Å². The van der Waals surface area contributed by atoms with Crippen molar-refractivity contribution in [3.8, 4) is 6.07 Å². The standard InChI is InChI=1S/C19H15N3O2/c1-14(17-5-4-12-24-17)22(18-6-2-3-11-21-18)19(23)16-9-7-15(13-20)8-10-16/h2-12,14H,1H3/t14-/m0/s1. The minimum atomic E-state index is -0.321. The quantitative estimate of drug-likeness (QED) is 0.730. The summed E-state index contributed by atoms with van der Waals surface area (Å²) in [7, 11) is 0. The molecule has 0 spiro atoms. The summed E-state index contributed by atoms with van der Waals surface area (Å²) in [5.74, 6) is 1.00. The molecule has 1 aromatic carbocycles. The number of nitrogens with zero attached hydrogens (tertiary/aromatic N) is 3. The van der Waals surface area contributed by atoms with Crippen molar-refractivity contribution in [2.75, 3.05) is 4.90 Å². The second-order valence-corrected chi connectivity index (χ2v) is 5.24. The first-order valence-corrected chi connectivity index (χ1v) is 7.49. The number of benzene rings is 1. The Hall–Kier alpha value is -3.39. The minimum Gasteiger partial charge on any atom is -0.467 e. The molecule has 2 heterocycles. The molecule has 5 heteroatoms. The van der Waals surface area contributed by atoms with Gasteiger partial charge in [0.2, 0.25) is 0 Å². The summed E-state index contributed by atoms with van der Waals surface area (Å²) in [5, 5.41) is 8.90. The van der Waals surface area contributed by atoms with Crippen LogP contribution in [0.25, 0.3) is 0 Å². The summed E-state index contributed by atoms with van der Waals surface area (Å²) < 4.78 is 5.46. The fraction of sp³-hybridized carbons (Fsp3) is 0.105. The van der Waals surface area contributed by atoms with Crippen molar-refractivity contribution in [1.82, 2.24) is 4.98 Å². The van der Waals surface area contributed by atoms with Crippen molar-refractivity contribution in [3.05, 3.63) is 83.9 Å². The molecule has 2 aromatic heterocycles. The zero-order valence-corrected chi connectivity index (χ0v) is 13.1. The summed E-state index contributed by atoms with van der Waals surface area (Å²) in [6.07, 6.45) is 3.22. The van der Waals surface area contributed by atoms with Gasteiger partial charge in [0, 0.05) is 11.8 Å². The van der Waals surface area contributed by atoms with Crippen LogP contribution in [-0.2, 0) is 0 Å². The van der Waals surface area contributed by atoms with Crippen LogP contribution in [0.1, 0.15) is 34.6 Å². The molecule has 0 fully saturated rings. The van der Waals surface area contributed by atoms with Crippen LogP contribution in [0.5, 0.6) is 0 Å². The Balaban J connectivity index is 2.00. The Morgan fingerprint density at radius 3 is 2.54 bits per heavy atom. The second kappa shape index (κ2) is 6.80. The Bertz CT molecular complexity index is 850. The highest BCUT2D eigenvalue weighted by Crippen LogP contribution is 2.27. The number of carbonyl (C=O) groups is 1.